The van der Waals surface area contributed by atoms with Gasteiger partial charge in [-0.3, -0.25) is 9.59 Å². The van der Waals surface area contributed by atoms with E-state index in [1.54, 1.807) is 4.90 Å². The molecule has 0 aromatic heterocycles. The second-order valence-electron chi connectivity index (χ2n) is 6.80. The molecule has 23 heavy (non-hydrogen) atoms. The molecule has 2 fully saturated rings. The minimum Gasteiger partial charge on any atom is -0.340 e. The van der Waals surface area contributed by atoms with Crippen molar-refractivity contribution in [2.24, 2.45) is 5.92 Å². The number of benzene rings is 1. The van der Waals surface area contributed by atoms with Gasteiger partial charge in [0.05, 0.1) is 12.0 Å². The summed E-state index contributed by atoms with van der Waals surface area (Å²) in [5, 5.41) is 0. The number of nitrogens with zero attached hydrogens (tertiary/aromatic N) is 3. The van der Waals surface area contributed by atoms with Crippen molar-refractivity contribution in [3.63, 3.8) is 0 Å². The van der Waals surface area contributed by atoms with Crippen molar-refractivity contribution in [1.29, 1.82) is 0 Å². The Kier molecular flexibility index (Phi) is 4.39. The van der Waals surface area contributed by atoms with Crippen molar-refractivity contribution < 1.29 is 9.59 Å². The molecule has 0 aliphatic carbocycles. The summed E-state index contributed by atoms with van der Waals surface area (Å²) in [6.07, 6.45) is 0.320. The summed E-state index contributed by atoms with van der Waals surface area (Å²) in [6.45, 7) is 5.35. The number of likely N-dealkylation sites (tertiary alicyclic amines) is 1. The van der Waals surface area contributed by atoms with Gasteiger partial charge in [0.1, 0.15) is 0 Å². The zero-order valence-corrected chi connectivity index (χ0v) is 14.2. The summed E-state index contributed by atoms with van der Waals surface area (Å²) in [4.78, 5) is 31.1. The maximum Gasteiger partial charge on any atom is 0.228 e. The number of likely N-dealkylation sites (N-methyl/N-ethyl adjacent to an activating group) is 1. The second kappa shape index (κ2) is 6.32. The Balaban J connectivity index is 1.82. The third-order valence-corrected chi connectivity index (χ3v) is 5.14. The SMILES string of the molecule is Cc1ccc([C@@H]2[C@@H](C(=O)N3CCN(C)CC3)CC(=O)N2C)cc1. The van der Waals surface area contributed by atoms with Crippen LogP contribution < -0.4 is 0 Å². The lowest BCUT2D eigenvalue weighted by Gasteiger charge is -2.35. The maximum absolute atomic E-state index is 13.0. The lowest BCUT2D eigenvalue weighted by molar-refractivity contribution is -0.138. The summed E-state index contributed by atoms with van der Waals surface area (Å²) in [5.41, 5.74) is 2.24. The van der Waals surface area contributed by atoms with Crippen LogP contribution in [0.15, 0.2) is 24.3 Å². The molecule has 0 spiro atoms. The molecule has 2 aliphatic rings. The van der Waals surface area contributed by atoms with E-state index in [-0.39, 0.29) is 23.8 Å². The van der Waals surface area contributed by atoms with Gasteiger partial charge in [0.15, 0.2) is 0 Å². The van der Waals surface area contributed by atoms with Crippen LogP contribution in [-0.2, 0) is 9.59 Å². The first-order chi connectivity index (χ1) is 11.0. The third kappa shape index (κ3) is 3.11. The highest BCUT2D eigenvalue weighted by Gasteiger charge is 2.44. The summed E-state index contributed by atoms with van der Waals surface area (Å²) in [5.74, 6) is -0.0805. The van der Waals surface area contributed by atoms with Crippen LogP contribution in [0.4, 0.5) is 0 Å². The van der Waals surface area contributed by atoms with Gasteiger partial charge in [0.25, 0.3) is 0 Å². The number of carbonyl (C=O) groups excluding carboxylic acids is 2. The number of hydrogen-bond acceptors (Lipinski definition) is 3. The van der Waals surface area contributed by atoms with Gasteiger partial charge in [-0.05, 0) is 19.5 Å². The Labute approximate surface area is 137 Å². The summed E-state index contributed by atoms with van der Waals surface area (Å²) in [6, 6.07) is 8.03. The predicted octanol–water partition coefficient (Wildman–Crippen LogP) is 1.29. The second-order valence-corrected chi connectivity index (χ2v) is 6.80. The first-order valence-electron chi connectivity index (χ1n) is 8.27. The zero-order chi connectivity index (χ0) is 16.6. The van der Waals surface area contributed by atoms with Crippen LogP contribution in [0.25, 0.3) is 0 Å². The zero-order valence-electron chi connectivity index (χ0n) is 14.2. The molecule has 2 aliphatic heterocycles. The lowest BCUT2D eigenvalue weighted by Crippen LogP contribution is -2.49. The van der Waals surface area contributed by atoms with Crippen LogP contribution in [0, 0.1) is 12.8 Å². The van der Waals surface area contributed by atoms with Crippen molar-refractivity contribution >= 4 is 11.8 Å². The van der Waals surface area contributed by atoms with Crippen LogP contribution in [0.3, 0.4) is 0 Å². The molecule has 2 atom stereocenters. The summed E-state index contributed by atoms with van der Waals surface area (Å²) >= 11 is 0. The van der Waals surface area contributed by atoms with Crippen LogP contribution in [0.2, 0.25) is 0 Å². The molecule has 0 bridgehead atoms. The average molecular weight is 315 g/mol. The molecule has 124 valence electrons. The van der Waals surface area contributed by atoms with Gasteiger partial charge < -0.3 is 14.7 Å². The van der Waals surface area contributed by atoms with Gasteiger partial charge in [0.2, 0.25) is 11.8 Å². The average Bonchev–Trinajstić information content (AvgIpc) is 2.84. The number of carbonyl (C=O) groups is 2. The Morgan fingerprint density at radius 1 is 1.04 bits per heavy atom. The van der Waals surface area contributed by atoms with Gasteiger partial charge in [-0.2, -0.15) is 0 Å². The van der Waals surface area contributed by atoms with E-state index in [1.165, 1.54) is 5.56 Å². The lowest BCUT2D eigenvalue weighted by atomic mass is 9.91. The van der Waals surface area contributed by atoms with Crippen LogP contribution in [0.1, 0.15) is 23.6 Å². The van der Waals surface area contributed by atoms with Gasteiger partial charge in [0, 0.05) is 39.6 Å². The van der Waals surface area contributed by atoms with Crippen molar-refractivity contribution in [2.75, 3.05) is 40.3 Å². The molecule has 3 rings (SSSR count). The minimum atomic E-state index is -0.265. The molecule has 2 saturated heterocycles. The topological polar surface area (TPSA) is 43.9 Å². The van der Waals surface area contributed by atoms with E-state index in [1.807, 2.05) is 43.1 Å². The fraction of sp³-hybridized carbons (Fsp3) is 0.556. The molecule has 5 heteroatoms. The number of piperazine rings is 1. The highest BCUT2D eigenvalue weighted by molar-refractivity contribution is 5.90. The largest absolute Gasteiger partial charge is 0.340 e. The molecule has 0 radical (unpaired) electrons. The number of rotatable bonds is 2. The van der Waals surface area contributed by atoms with E-state index in [2.05, 4.69) is 11.9 Å². The smallest absolute Gasteiger partial charge is 0.228 e. The monoisotopic (exact) mass is 315 g/mol. The quantitative estimate of drug-likeness (QED) is 0.826. The first kappa shape index (κ1) is 16.0. The number of aryl methyl sites for hydroxylation is 1. The van der Waals surface area contributed by atoms with E-state index in [0.29, 0.717) is 6.42 Å². The maximum atomic E-state index is 13.0. The van der Waals surface area contributed by atoms with E-state index >= 15 is 0 Å². The van der Waals surface area contributed by atoms with Crippen LogP contribution in [0.5, 0.6) is 0 Å². The van der Waals surface area contributed by atoms with Gasteiger partial charge in [-0.15, -0.1) is 0 Å². The van der Waals surface area contributed by atoms with Crippen LogP contribution >= 0.6 is 0 Å². The Bertz CT molecular complexity index is 591. The molecule has 2 heterocycles. The summed E-state index contributed by atoms with van der Waals surface area (Å²) < 4.78 is 0. The van der Waals surface area contributed by atoms with Gasteiger partial charge in [-0.25, -0.2) is 0 Å². The minimum absolute atomic E-state index is 0.0584. The fourth-order valence-corrected chi connectivity index (χ4v) is 3.57. The Morgan fingerprint density at radius 3 is 2.26 bits per heavy atom. The Hall–Kier alpha value is -1.88. The molecule has 5 nitrogen and oxygen atoms in total. The molecule has 1 aromatic carbocycles. The van der Waals surface area contributed by atoms with Crippen molar-refractivity contribution in [3.8, 4) is 0 Å². The fourth-order valence-electron chi connectivity index (χ4n) is 3.57. The predicted molar refractivity (Wildman–Crippen MR) is 88.9 cm³/mol. The molecular formula is C18H25N3O2. The molecule has 0 unspecified atom stereocenters. The van der Waals surface area contributed by atoms with E-state index in [0.717, 1.165) is 31.7 Å². The molecule has 1 aromatic rings. The molecular weight excluding hydrogens is 290 g/mol. The molecule has 0 N–H and O–H groups in total. The summed E-state index contributed by atoms with van der Waals surface area (Å²) in [7, 11) is 3.88. The van der Waals surface area contributed by atoms with E-state index in [9.17, 15) is 9.59 Å². The van der Waals surface area contributed by atoms with Crippen molar-refractivity contribution in [1.82, 2.24) is 14.7 Å². The van der Waals surface area contributed by atoms with Crippen molar-refractivity contribution in [2.45, 2.75) is 19.4 Å². The van der Waals surface area contributed by atoms with Gasteiger partial charge in [-0.1, -0.05) is 29.8 Å². The van der Waals surface area contributed by atoms with Crippen molar-refractivity contribution in [3.05, 3.63) is 35.4 Å². The highest BCUT2D eigenvalue weighted by atomic mass is 16.2. The first-order valence-corrected chi connectivity index (χ1v) is 8.27. The van der Waals surface area contributed by atoms with E-state index < -0.39 is 0 Å². The number of amides is 2. The number of hydrogen-bond donors (Lipinski definition) is 0. The molecule has 2 amide bonds. The normalized spacial score (nSPS) is 26.0. The van der Waals surface area contributed by atoms with Crippen LogP contribution in [-0.4, -0.2) is 66.8 Å². The van der Waals surface area contributed by atoms with E-state index in [4.69, 9.17) is 0 Å². The standard InChI is InChI=1S/C18H25N3O2/c1-13-4-6-14(7-5-13)17-15(12-16(22)20(17)3)18(23)21-10-8-19(2)9-11-21/h4-7,15,17H,8-12H2,1-3H3/t15-,17+/m0/s1. The Morgan fingerprint density at radius 2 is 1.65 bits per heavy atom. The molecule has 0 saturated carbocycles. The van der Waals surface area contributed by atoms with Gasteiger partial charge >= 0.3 is 0 Å². The third-order valence-electron chi connectivity index (χ3n) is 5.14. The highest BCUT2D eigenvalue weighted by Crippen LogP contribution is 2.38.